The van der Waals surface area contributed by atoms with E-state index in [4.69, 9.17) is 4.74 Å². The lowest BCUT2D eigenvalue weighted by atomic mass is 9.94. The van der Waals surface area contributed by atoms with Gasteiger partial charge in [0.15, 0.2) is 0 Å². The highest BCUT2D eigenvalue weighted by atomic mass is 16.6. The van der Waals surface area contributed by atoms with Gasteiger partial charge in [-0.15, -0.1) is 0 Å². The molecule has 0 aliphatic carbocycles. The maximum atomic E-state index is 12.0. The van der Waals surface area contributed by atoms with Gasteiger partial charge in [-0.25, -0.2) is 4.79 Å². The molecule has 1 aromatic carbocycles. The third-order valence-corrected chi connectivity index (χ3v) is 3.05. The Morgan fingerprint density at radius 1 is 1.38 bits per heavy atom. The van der Waals surface area contributed by atoms with Crippen LogP contribution >= 0.6 is 0 Å². The van der Waals surface area contributed by atoms with Crippen LogP contribution in [0.4, 0.5) is 0 Å². The van der Waals surface area contributed by atoms with Crippen LogP contribution in [0.25, 0.3) is 0 Å². The lowest BCUT2D eigenvalue weighted by Gasteiger charge is -2.21. The monoisotopic (exact) mass is 296 g/mol. The minimum atomic E-state index is -1.53. The quantitative estimate of drug-likeness (QED) is 0.308. The van der Waals surface area contributed by atoms with Crippen LogP contribution in [-0.2, 0) is 14.3 Å². The molecule has 1 aromatic rings. The normalized spacial score (nSPS) is 13.3. The predicted octanol–water partition coefficient (Wildman–Crippen LogP) is 1.21. The molecule has 0 fully saturated rings. The van der Waals surface area contributed by atoms with Crippen molar-refractivity contribution in [2.75, 3.05) is 13.2 Å². The van der Waals surface area contributed by atoms with Gasteiger partial charge in [0.25, 0.3) is 6.47 Å². The van der Waals surface area contributed by atoms with Crippen LogP contribution in [0.15, 0.2) is 24.3 Å². The summed E-state index contributed by atoms with van der Waals surface area (Å²) in [6, 6.07) is 6.43. The minimum absolute atomic E-state index is 0.0928. The van der Waals surface area contributed by atoms with Gasteiger partial charge in [-0.1, -0.05) is 31.5 Å². The number of benzene rings is 1. The van der Waals surface area contributed by atoms with Crippen molar-refractivity contribution in [2.45, 2.75) is 32.0 Å². The Balaban J connectivity index is 2.95. The number of carbonyl (C=O) groups excluding carboxylic acids is 2. The molecule has 0 bridgehead atoms. The molecule has 0 aromatic heterocycles. The Bertz CT molecular complexity index is 459. The van der Waals surface area contributed by atoms with Crippen molar-refractivity contribution in [2.24, 2.45) is 0 Å². The molecule has 21 heavy (non-hydrogen) atoms. The molecule has 0 spiro atoms. The summed E-state index contributed by atoms with van der Waals surface area (Å²) in [5.74, 6) is -1.44. The van der Waals surface area contributed by atoms with E-state index in [-0.39, 0.29) is 12.0 Å². The van der Waals surface area contributed by atoms with E-state index in [9.17, 15) is 19.8 Å². The zero-order valence-corrected chi connectivity index (χ0v) is 11.9. The van der Waals surface area contributed by atoms with Gasteiger partial charge in [0.1, 0.15) is 0 Å². The molecule has 6 heteroatoms. The van der Waals surface area contributed by atoms with Gasteiger partial charge in [-0.05, 0) is 18.1 Å². The summed E-state index contributed by atoms with van der Waals surface area (Å²) in [6.45, 7) is 1.90. The summed E-state index contributed by atoms with van der Waals surface area (Å²) in [6.07, 6.45) is 0.131. The minimum Gasteiger partial charge on any atom is -0.462 e. The van der Waals surface area contributed by atoms with E-state index >= 15 is 0 Å². The Morgan fingerprint density at radius 3 is 2.71 bits per heavy atom. The molecule has 6 nitrogen and oxygen atoms in total. The first-order chi connectivity index (χ1) is 10.2. The van der Waals surface area contributed by atoms with E-state index < -0.39 is 24.8 Å². The molecule has 2 atom stereocenters. The highest BCUT2D eigenvalue weighted by molar-refractivity contribution is 5.91. The number of ether oxygens (including phenoxy) is 2. The summed E-state index contributed by atoms with van der Waals surface area (Å²) >= 11 is 0. The van der Waals surface area contributed by atoms with Crippen LogP contribution in [0.1, 0.15) is 41.6 Å². The van der Waals surface area contributed by atoms with Gasteiger partial charge >= 0.3 is 5.97 Å². The molecule has 0 radical (unpaired) electrons. The average Bonchev–Trinajstić information content (AvgIpc) is 2.49. The molecule has 0 aliphatic rings. The SMILES string of the molecule is CCCCOC(=O)c1ccccc1C(CO)C(O)OC=O. The van der Waals surface area contributed by atoms with Crippen molar-refractivity contribution in [3.63, 3.8) is 0 Å². The zero-order chi connectivity index (χ0) is 15.7. The second-order valence-electron chi connectivity index (χ2n) is 4.49. The number of esters is 1. The fourth-order valence-electron chi connectivity index (χ4n) is 1.89. The Kier molecular flexibility index (Phi) is 7.42. The van der Waals surface area contributed by atoms with Gasteiger partial charge in [0.05, 0.1) is 24.7 Å². The van der Waals surface area contributed by atoms with Crippen molar-refractivity contribution < 1.29 is 29.3 Å². The van der Waals surface area contributed by atoms with Gasteiger partial charge in [0.2, 0.25) is 6.29 Å². The lowest BCUT2D eigenvalue weighted by molar-refractivity contribution is -0.157. The molecular formula is C15H20O6. The van der Waals surface area contributed by atoms with Gasteiger partial charge in [-0.3, -0.25) is 4.79 Å². The largest absolute Gasteiger partial charge is 0.462 e. The second-order valence-corrected chi connectivity index (χ2v) is 4.49. The molecule has 116 valence electrons. The third kappa shape index (κ3) is 4.84. The molecular weight excluding hydrogens is 276 g/mol. The molecule has 0 aliphatic heterocycles. The highest BCUT2D eigenvalue weighted by Gasteiger charge is 2.26. The van der Waals surface area contributed by atoms with Crippen LogP contribution in [0.3, 0.4) is 0 Å². The van der Waals surface area contributed by atoms with Crippen molar-refractivity contribution in [1.29, 1.82) is 0 Å². The van der Waals surface area contributed by atoms with Crippen LogP contribution in [-0.4, -0.2) is 42.2 Å². The van der Waals surface area contributed by atoms with Gasteiger partial charge in [-0.2, -0.15) is 0 Å². The summed E-state index contributed by atoms with van der Waals surface area (Å²) in [7, 11) is 0. The number of hydrogen-bond acceptors (Lipinski definition) is 6. The van der Waals surface area contributed by atoms with Gasteiger partial charge < -0.3 is 19.7 Å². The molecule has 0 amide bonds. The van der Waals surface area contributed by atoms with E-state index in [0.29, 0.717) is 12.2 Å². The summed E-state index contributed by atoms with van der Waals surface area (Å²) < 4.78 is 9.58. The number of aliphatic hydroxyl groups excluding tert-OH is 2. The number of unbranched alkanes of at least 4 members (excludes halogenated alkanes) is 1. The van der Waals surface area contributed by atoms with Crippen LogP contribution < -0.4 is 0 Å². The predicted molar refractivity (Wildman–Crippen MR) is 74.6 cm³/mol. The molecule has 2 unspecified atom stereocenters. The first kappa shape index (κ1) is 17.1. The summed E-state index contributed by atoms with van der Waals surface area (Å²) in [5.41, 5.74) is 0.608. The molecule has 1 rings (SSSR count). The van der Waals surface area contributed by atoms with Crippen LogP contribution in [0, 0.1) is 0 Å². The Labute approximate surface area is 123 Å². The number of carbonyl (C=O) groups is 2. The number of aliphatic hydroxyl groups is 2. The maximum Gasteiger partial charge on any atom is 0.338 e. The van der Waals surface area contributed by atoms with E-state index in [2.05, 4.69) is 4.74 Å². The molecule has 0 heterocycles. The van der Waals surface area contributed by atoms with E-state index in [0.717, 1.165) is 12.8 Å². The van der Waals surface area contributed by atoms with Crippen LogP contribution in [0.2, 0.25) is 0 Å². The van der Waals surface area contributed by atoms with Crippen molar-refractivity contribution in [3.8, 4) is 0 Å². The van der Waals surface area contributed by atoms with Gasteiger partial charge in [0, 0.05) is 0 Å². The smallest absolute Gasteiger partial charge is 0.338 e. The lowest BCUT2D eigenvalue weighted by Crippen LogP contribution is -2.26. The first-order valence-electron chi connectivity index (χ1n) is 6.79. The molecule has 0 saturated heterocycles. The standard InChI is InChI=1S/C15H20O6/c1-2-3-8-20-14(18)12-7-5-4-6-11(12)13(9-16)15(19)21-10-17/h4-7,10,13,15-16,19H,2-3,8-9H2,1H3. The topological polar surface area (TPSA) is 93.1 Å². The fraction of sp³-hybridized carbons (Fsp3) is 0.467. The zero-order valence-electron chi connectivity index (χ0n) is 11.9. The van der Waals surface area contributed by atoms with Crippen molar-refractivity contribution in [1.82, 2.24) is 0 Å². The van der Waals surface area contributed by atoms with E-state index in [1.807, 2.05) is 6.92 Å². The molecule has 2 N–H and O–H groups in total. The van der Waals surface area contributed by atoms with E-state index in [1.165, 1.54) is 0 Å². The summed E-state index contributed by atoms with van der Waals surface area (Å²) in [5, 5.41) is 19.1. The van der Waals surface area contributed by atoms with E-state index in [1.54, 1.807) is 24.3 Å². The maximum absolute atomic E-state index is 12.0. The van der Waals surface area contributed by atoms with Crippen molar-refractivity contribution >= 4 is 12.4 Å². The van der Waals surface area contributed by atoms with Crippen LogP contribution in [0.5, 0.6) is 0 Å². The number of hydrogen-bond donors (Lipinski definition) is 2. The summed E-state index contributed by atoms with van der Waals surface area (Å²) in [4.78, 5) is 22.4. The second kappa shape index (κ2) is 9.10. The Hall–Kier alpha value is -1.92. The first-order valence-corrected chi connectivity index (χ1v) is 6.79. The fourth-order valence-corrected chi connectivity index (χ4v) is 1.89. The third-order valence-electron chi connectivity index (χ3n) is 3.05. The molecule has 0 saturated carbocycles. The van der Waals surface area contributed by atoms with Crippen molar-refractivity contribution in [3.05, 3.63) is 35.4 Å². The highest BCUT2D eigenvalue weighted by Crippen LogP contribution is 2.24. The Morgan fingerprint density at radius 2 is 2.10 bits per heavy atom. The average molecular weight is 296 g/mol. The number of rotatable bonds is 9.